The minimum Gasteiger partial charge on any atom is -0.494 e. The summed E-state index contributed by atoms with van der Waals surface area (Å²) in [6.45, 7) is 2.71. The molecule has 0 aromatic heterocycles. The van der Waals surface area contributed by atoms with Crippen LogP contribution in [-0.4, -0.2) is 25.4 Å². The lowest BCUT2D eigenvalue weighted by molar-refractivity contribution is 0.0981. The smallest absolute Gasteiger partial charge is 0.119 e. The van der Waals surface area contributed by atoms with Gasteiger partial charge in [0.25, 0.3) is 0 Å². The summed E-state index contributed by atoms with van der Waals surface area (Å²) in [5.41, 5.74) is 1.34. The molecule has 3 nitrogen and oxygen atoms in total. The van der Waals surface area contributed by atoms with Crippen LogP contribution in [0.5, 0.6) is 5.75 Å². The highest BCUT2D eigenvalue weighted by atomic mass is 16.5. The molecule has 1 aromatic rings. The minimum absolute atomic E-state index is 0.481. The van der Waals surface area contributed by atoms with Gasteiger partial charge in [0.15, 0.2) is 0 Å². The van der Waals surface area contributed by atoms with Crippen molar-refractivity contribution >= 4 is 0 Å². The molecule has 0 radical (unpaired) electrons. The van der Waals surface area contributed by atoms with Crippen molar-refractivity contribution in [2.24, 2.45) is 0 Å². The van der Waals surface area contributed by atoms with E-state index in [2.05, 4.69) is 29.6 Å². The van der Waals surface area contributed by atoms with E-state index in [1.807, 2.05) is 0 Å². The van der Waals surface area contributed by atoms with Crippen LogP contribution in [-0.2, 0) is 11.3 Å². The fourth-order valence-corrected chi connectivity index (χ4v) is 2.63. The second-order valence-electron chi connectivity index (χ2n) is 5.92. The number of benzene rings is 1. The molecule has 1 heterocycles. The molecule has 2 aliphatic rings. The van der Waals surface area contributed by atoms with Crippen molar-refractivity contribution in [2.45, 2.75) is 57.2 Å². The first-order valence-electron chi connectivity index (χ1n) is 7.97. The first-order chi connectivity index (χ1) is 9.90. The molecule has 1 saturated carbocycles. The average Bonchev–Trinajstić information content (AvgIpc) is 3.17. The van der Waals surface area contributed by atoms with Crippen LogP contribution in [0.25, 0.3) is 0 Å². The van der Waals surface area contributed by atoms with Crippen molar-refractivity contribution in [3.05, 3.63) is 29.8 Å². The first kappa shape index (κ1) is 13.9. The summed E-state index contributed by atoms with van der Waals surface area (Å²) in [6, 6.07) is 9.24. The summed E-state index contributed by atoms with van der Waals surface area (Å²) >= 11 is 0. The second kappa shape index (κ2) is 7.09. The van der Waals surface area contributed by atoms with Crippen LogP contribution >= 0.6 is 0 Å². The van der Waals surface area contributed by atoms with Crippen LogP contribution in [0.2, 0.25) is 0 Å². The van der Waals surface area contributed by atoms with Gasteiger partial charge in [-0.15, -0.1) is 0 Å². The fraction of sp³-hybridized carbons (Fsp3) is 0.647. The Hall–Kier alpha value is -1.06. The van der Waals surface area contributed by atoms with Crippen molar-refractivity contribution < 1.29 is 9.47 Å². The maximum atomic E-state index is 5.78. The van der Waals surface area contributed by atoms with Crippen molar-refractivity contribution in [1.82, 2.24) is 5.32 Å². The van der Waals surface area contributed by atoms with E-state index in [0.717, 1.165) is 44.4 Å². The zero-order chi connectivity index (χ0) is 13.6. The van der Waals surface area contributed by atoms with Crippen LogP contribution in [0.4, 0.5) is 0 Å². The standard InChI is InChI=1S/C17H25NO2/c1-3-16(19-11-1)4-2-12-20-17-9-5-14(6-10-17)13-18-15-7-8-15/h5-6,9-10,15-16,18H,1-4,7-8,11-13H2. The zero-order valence-corrected chi connectivity index (χ0v) is 12.1. The third kappa shape index (κ3) is 4.50. The molecule has 20 heavy (non-hydrogen) atoms. The highest BCUT2D eigenvalue weighted by Gasteiger charge is 2.19. The summed E-state index contributed by atoms with van der Waals surface area (Å²) in [4.78, 5) is 0. The quantitative estimate of drug-likeness (QED) is 0.739. The molecule has 1 saturated heterocycles. The molecule has 1 aliphatic heterocycles. The largest absolute Gasteiger partial charge is 0.494 e. The number of ether oxygens (including phenoxy) is 2. The van der Waals surface area contributed by atoms with Gasteiger partial charge in [0.2, 0.25) is 0 Å². The SMILES string of the molecule is c1cc(OCCCC2CCCO2)ccc1CNC1CC1. The minimum atomic E-state index is 0.481. The van der Waals surface area contributed by atoms with Gasteiger partial charge in [-0.3, -0.25) is 0 Å². The molecule has 3 heteroatoms. The van der Waals surface area contributed by atoms with Gasteiger partial charge < -0.3 is 14.8 Å². The van der Waals surface area contributed by atoms with Gasteiger partial charge in [-0.05, 0) is 56.2 Å². The van der Waals surface area contributed by atoms with Crippen LogP contribution in [0.15, 0.2) is 24.3 Å². The third-order valence-corrected chi connectivity index (χ3v) is 4.06. The molecule has 0 spiro atoms. The van der Waals surface area contributed by atoms with E-state index in [4.69, 9.17) is 9.47 Å². The Morgan fingerprint density at radius 3 is 2.70 bits per heavy atom. The predicted molar refractivity (Wildman–Crippen MR) is 80.0 cm³/mol. The number of rotatable bonds is 8. The molecule has 1 atom stereocenters. The molecule has 3 rings (SSSR count). The maximum absolute atomic E-state index is 5.78. The van der Waals surface area contributed by atoms with E-state index in [0.29, 0.717) is 6.10 Å². The van der Waals surface area contributed by atoms with Gasteiger partial charge in [-0.1, -0.05) is 12.1 Å². The molecule has 2 fully saturated rings. The first-order valence-corrected chi connectivity index (χ1v) is 7.97. The number of hydrogen-bond acceptors (Lipinski definition) is 3. The highest BCUT2D eigenvalue weighted by Crippen LogP contribution is 2.20. The summed E-state index contributed by atoms with van der Waals surface area (Å²) in [6.07, 6.45) is 7.82. The third-order valence-electron chi connectivity index (χ3n) is 4.06. The topological polar surface area (TPSA) is 30.5 Å². The van der Waals surface area contributed by atoms with Gasteiger partial charge in [-0.2, -0.15) is 0 Å². The van der Waals surface area contributed by atoms with E-state index in [9.17, 15) is 0 Å². The lowest BCUT2D eigenvalue weighted by Gasteiger charge is -2.10. The van der Waals surface area contributed by atoms with E-state index in [1.54, 1.807) is 0 Å². The molecular weight excluding hydrogens is 250 g/mol. The lowest BCUT2D eigenvalue weighted by Crippen LogP contribution is -2.15. The van der Waals surface area contributed by atoms with Gasteiger partial charge >= 0.3 is 0 Å². The summed E-state index contributed by atoms with van der Waals surface area (Å²) in [7, 11) is 0. The van der Waals surface area contributed by atoms with E-state index in [1.165, 1.54) is 31.2 Å². The Labute approximate surface area is 121 Å². The Balaban J connectivity index is 1.32. The molecule has 110 valence electrons. The molecule has 1 N–H and O–H groups in total. The zero-order valence-electron chi connectivity index (χ0n) is 12.1. The van der Waals surface area contributed by atoms with Gasteiger partial charge in [0.05, 0.1) is 12.7 Å². The van der Waals surface area contributed by atoms with Gasteiger partial charge in [0, 0.05) is 19.2 Å². The number of nitrogens with one attached hydrogen (secondary N) is 1. The van der Waals surface area contributed by atoms with Crippen molar-refractivity contribution in [3.8, 4) is 5.75 Å². The normalized spacial score (nSPS) is 22.1. The Morgan fingerprint density at radius 1 is 1.15 bits per heavy atom. The lowest BCUT2D eigenvalue weighted by atomic mass is 10.1. The predicted octanol–water partition coefficient (Wildman–Crippen LogP) is 3.28. The highest BCUT2D eigenvalue weighted by molar-refractivity contribution is 5.27. The Kier molecular flexibility index (Phi) is 4.93. The van der Waals surface area contributed by atoms with E-state index < -0.39 is 0 Å². The monoisotopic (exact) mass is 275 g/mol. The molecule has 1 aromatic carbocycles. The molecule has 0 bridgehead atoms. The van der Waals surface area contributed by atoms with Crippen LogP contribution in [0.3, 0.4) is 0 Å². The summed E-state index contributed by atoms with van der Waals surface area (Å²) in [5.74, 6) is 0.979. The molecule has 1 aliphatic carbocycles. The Morgan fingerprint density at radius 2 is 2.00 bits per heavy atom. The van der Waals surface area contributed by atoms with Crippen LogP contribution < -0.4 is 10.1 Å². The van der Waals surface area contributed by atoms with E-state index in [-0.39, 0.29) is 0 Å². The van der Waals surface area contributed by atoms with Crippen LogP contribution in [0, 0.1) is 0 Å². The van der Waals surface area contributed by atoms with Gasteiger partial charge in [0.1, 0.15) is 5.75 Å². The molecule has 0 amide bonds. The van der Waals surface area contributed by atoms with Crippen LogP contribution in [0.1, 0.15) is 44.1 Å². The fourth-order valence-electron chi connectivity index (χ4n) is 2.63. The van der Waals surface area contributed by atoms with Gasteiger partial charge in [-0.25, -0.2) is 0 Å². The average molecular weight is 275 g/mol. The van der Waals surface area contributed by atoms with E-state index >= 15 is 0 Å². The maximum Gasteiger partial charge on any atom is 0.119 e. The second-order valence-corrected chi connectivity index (χ2v) is 5.92. The number of hydrogen-bond donors (Lipinski definition) is 1. The molecular formula is C17H25NO2. The van der Waals surface area contributed by atoms with Crippen molar-refractivity contribution in [1.29, 1.82) is 0 Å². The van der Waals surface area contributed by atoms with Crippen molar-refractivity contribution in [3.63, 3.8) is 0 Å². The summed E-state index contributed by atoms with van der Waals surface area (Å²) in [5, 5.41) is 3.52. The van der Waals surface area contributed by atoms with Crippen molar-refractivity contribution in [2.75, 3.05) is 13.2 Å². The Bertz CT molecular complexity index is 394. The molecule has 1 unspecified atom stereocenters. The summed E-state index contributed by atoms with van der Waals surface area (Å²) < 4.78 is 11.4.